The smallest absolute Gasteiger partial charge is 0.244 e. The number of rotatable bonds is 6. The Kier molecular flexibility index (Phi) is 5.14. The lowest BCUT2D eigenvalue weighted by Gasteiger charge is -2.22. The van der Waals surface area contributed by atoms with Crippen molar-refractivity contribution in [3.05, 3.63) is 11.4 Å². The van der Waals surface area contributed by atoms with Crippen LogP contribution in [0.1, 0.15) is 37.1 Å². The minimum Gasteiger partial charge on any atom is -0.390 e. The van der Waals surface area contributed by atoms with E-state index in [1.165, 1.54) is 0 Å². The van der Waals surface area contributed by atoms with Crippen LogP contribution in [-0.4, -0.2) is 43.0 Å². The summed E-state index contributed by atoms with van der Waals surface area (Å²) in [6, 6.07) is 0. The molecular weight excluding hydrogens is 282 g/mol. The molecule has 1 aliphatic rings. The Morgan fingerprint density at radius 3 is 2.95 bits per heavy atom. The lowest BCUT2D eigenvalue weighted by atomic mass is 10.1. The van der Waals surface area contributed by atoms with Crippen molar-refractivity contribution < 1.29 is 18.3 Å². The molecule has 114 valence electrons. The number of nitrogens with zero attached hydrogens (tertiary/aromatic N) is 1. The maximum absolute atomic E-state index is 12.2. The molecule has 0 amide bonds. The van der Waals surface area contributed by atoms with Gasteiger partial charge in [-0.25, -0.2) is 13.1 Å². The van der Waals surface area contributed by atoms with E-state index in [1.807, 2.05) is 0 Å². The van der Waals surface area contributed by atoms with Gasteiger partial charge >= 0.3 is 0 Å². The maximum atomic E-state index is 12.2. The highest BCUT2D eigenvalue weighted by Crippen LogP contribution is 2.18. The zero-order valence-corrected chi connectivity index (χ0v) is 12.4. The number of ether oxygens (including phenoxy) is 1. The molecule has 1 fully saturated rings. The van der Waals surface area contributed by atoms with E-state index >= 15 is 0 Å². The zero-order chi connectivity index (χ0) is 14.6. The van der Waals surface area contributed by atoms with E-state index in [0.717, 1.165) is 25.9 Å². The number of aromatic amines is 1. The van der Waals surface area contributed by atoms with Crippen molar-refractivity contribution in [2.75, 3.05) is 13.2 Å². The Hall–Kier alpha value is -0.960. The van der Waals surface area contributed by atoms with Gasteiger partial charge in [-0.2, -0.15) is 5.10 Å². The number of aryl methyl sites for hydroxylation is 1. The number of hydrogen-bond acceptors (Lipinski definition) is 5. The first kappa shape index (κ1) is 15.4. The third-order valence-electron chi connectivity index (χ3n) is 3.41. The molecule has 1 aromatic heterocycles. The van der Waals surface area contributed by atoms with Crippen LogP contribution in [0, 0.1) is 6.92 Å². The fraction of sp³-hybridized carbons (Fsp3) is 0.750. The molecule has 0 aliphatic carbocycles. The van der Waals surface area contributed by atoms with Gasteiger partial charge in [0.1, 0.15) is 10.6 Å². The summed E-state index contributed by atoms with van der Waals surface area (Å²) in [6.07, 6.45) is 3.98. The van der Waals surface area contributed by atoms with Crippen LogP contribution in [0.2, 0.25) is 0 Å². The summed E-state index contributed by atoms with van der Waals surface area (Å²) in [5.41, 5.74) is 0.569. The number of aliphatic hydroxyl groups excluding tert-OH is 1. The van der Waals surface area contributed by atoms with Gasteiger partial charge in [-0.15, -0.1) is 0 Å². The highest BCUT2D eigenvalue weighted by atomic mass is 32.2. The number of H-pyrrole nitrogens is 1. The molecule has 1 aromatic rings. The Balaban J connectivity index is 1.95. The number of sulfonamides is 1. The summed E-state index contributed by atoms with van der Waals surface area (Å²) < 4.78 is 32.5. The van der Waals surface area contributed by atoms with Crippen LogP contribution in [0.3, 0.4) is 0 Å². The van der Waals surface area contributed by atoms with Crippen molar-refractivity contribution in [2.24, 2.45) is 0 Å². The molecule has 0 spiro atoms. The zero-order valence-electron chi connectivity index (χ0n) is 11.6. The van der Waals surface area contributed by atoms with E-state index in [-0.39, 0.29) is 16.7 Å². The fourth-order valence-corrected chi connectivity index (χ4v) is 3.79. The molecule has 1 unspecified atom stereocenters. The summed E-state index contributed by atoms with van der Waals surface area (Å²) in [5.74, 6) is 0. The van der Waals surface area contributed by atoms with Crippen LogP contribution in [-0.2, 0) is 21.4 Å². The van der Waals surface area contributed by atoms with Crippen LogP contribution in [0.15, 0.2) is 4.90 Å². The first-order chi connectivity index (χ1) is 9.54. The Labute approximate surface area is 118 Å². The van der Waals surface area contributed by atoms with Gasteiger partial charge in [-0.3, -0.25) is 5.10 Å². The van der Waals surface area contributed by atoms with Gasteiger partial charge in [0.25, 0.3) is 0 Å². The average molecular weight is 303 g/mol. The first-order valence-corrected chi connectivity index (χ1v) is 8.29. The second-order valence-electron chi connectivity index (χ2n) is 4.96. The largest absolute Gasteiger partial charge is 0.390 e. The Morgan fingerprint density at radius 1 is 1.50 bits per heavy atom. The van der Waals surface area contributed by atoms with Crippen LogP contribution < -0.4 is 4.72 Å². The van der Waals surface area contributed by atoms with Crippen LogP contribution in [0.25, 0.3) is 0 Å². The van der Waals surface area contributed by atoms with Gasteiger partial charge in [-0.1, -0.05) is 0 Å². The predicted octanol–water partition coefficient (Wildman–Crippen LogP) is 0.448. The van der Waals surface area contributed by atoms with Crippen molar-refractivity contribution in [1.29, 1.82) is 0 Å². The van der Waals surface area contributed by atoms with Crippen LogP contribution >= 0.6 is 0 Å². The van der Waals surface area contributed by atoms with E-state index in [2.05, 4.69) is 14.9 Å². The summed E-state index contributed by atoms with van der Waals surface area (Å²) in [5, 5.41) is 15.5. The van der Waals surface area contributed by atoms with Crippen molar-refractivity contribution >= 4 is 10.0 Å². The lowest BCUT2D eigenvalue weighted by Crippen LogP contribution is -2.30. The lowest BCUT2D eigenvalue weighted by molar-refractivity contribution is 0.0123. The molecule has 7 nitrogen and oxygen atoms in total. The third kappa shape index (κ3) is 3.57. The molecule has 1 atom stereocenters. The molecular formula is C12H21N3O4S. The molecule has 0 bridgehead atoms. The number of aliphatic hydroxyl groups is 1. The normalized spacial score (nSPS) is 20.2. The van der Waals surface area contributed by atoms with Gasteiger partial charge in [0.2, 0.25) is 10.0 Å². The summed E-state index contributed by atoms with van der Waals surface area (Å²) >= 11 is 0. The quantitative estimate of drug-likeness (QED) is 0.707. The maximum Gasteiger partial charge on any atom is 0.244 e. The van der Waals surface area contributed by atoms with Gasteiger partial charge in [0.05, 0.1) is 18.4 Å². The molecule has 8 heteroatoms. The SMILES string of the molecule is Cc1[nH]nc(CO)c1S(=O)(=O)NCCC1CCCCO1. The monoisotopic (exact) mass is 303 g/mol. The molecule has 0 aromatic carbocycles. The molecule has 20 heavy (non-hydrogen) atoms. The number of aromatic nitrogens is 2. The minimum atomic E-state index is -3.65. The first-order valence-electron chi connectivity index (χ1n) is 6.80. The van der Waals surface area contributed by atoms with Crippen molar-refractivity contribution in [2.45, 2.75) is 50.2 Å². The Bertz CT molecular complexity index is 535. The molecule has 2 heterocycles. The van der Waals surface area contributed by atoms with Crippen LogP contribution in [0.4, 0.5) is 0 Å². The third-order valence-corrected chi connectivity index (χ3v) is 5.08. The molecule has 2 rings (SSSR count). The van der Waals surface area contributed by atoms with Crippen molar-refractivity contribution in [3.8, 4) is 0 Å². The molecule has 0 saturated carbocycles. The molecule has 3 N–H and O–H groups in total. The summed E-state index contributed by atoms with van der Waals surface area (Å²) in [7, 11) is -3.65. The average Bonchev–Trinajstić information content (AvgIpc) is 2.81. The summed E-state index contributed by atoms with van der Waals surface area (Å²) in [4.78, 5) is 0.0459. The number of hydrogen-bond donors (Lipinski definition) is 3. The standard InChI is InChI=1S/C12H21N3O4S/c1-9-12(11(8-16)15-14-9)20(17,18)13-6-5-10-4-2-3-7-19-10/h10,13,16H,2-8H2,1H3,(H,14,15). The van der Waals surface area contributed by atoms with Crippen molar-refractivity contribution in [1.82, 2.24) is 14.9 Å². The minimum absolute atomic E-state index is 0.0459. The second-order valence-corrected chi connectivity index (χ2v) is 6.66. The van der Waals surface area contributed by atoms with Crippen molar-refractivity contribution in [3.63, 3.8) is 0 Å². The van der Waals surface area contributed by atoms with Gasteiger partial charge in [0.15, 0.2) is 0 Å². The van der Waals surface area contributed by atoms with E-state index in [1.54, 1.807) is 6.92 Å². The van der Waals surface area contributed by atoms with Gasteiger partial charge < -0.3 is 9.84 Å². The summed E-state index contributed by atoms with van der Waals surface area (Å²) in [6.45, 7) is 2.28. The van der Waals surface area contributed by atoms with E-state index in [0.29, 0.717) is 18.7 Å². The van der Waals surface area contributed by atoms with E-state index in [4.69, 9.17) is 9.84 Å². The topological polar surface area (TPSA) is 104 Å². The van der Waals surface area contributed by atoms with Gasteiger partial charge in [-0.05, 0) is 32.6 Å². The molecule has 1 aliphatic heterocycles. The van der Waals surface area contributed by atoms with Gasteiger partial charge in [0, 0.05) is 13.2 Å². The molecule has 1 saturated heterocycles. The van der Waals surface area contributed by atoms with E-state index < -0.39 is 16.6 Å². The highest BCUT2D eigenvalue weighted by molar-refractivity contribution is 7.89. The highest BCUT2D eigenvalue weighted by Gasteiger charge is 2.24. The number of nitrogens with one attached hydrogen (secondary N) is 2. The predicted molar refractivity (Wildman–Crippen MR) is 72.6 cm³/mol. The van der Waals surface area contributed by atoms with E-state index in [9.17, 15) is 8.42 Å². The fourth-order valence-electron chi connectivity index (χ4n) is 2.39. The Morgan fingerprint density at radius 2 is 2.30 bits per heavy atom. The second kappa shape index (κ2) is 6.66. The molecule has 0 radical (unpaired) electrons. The van der Waals surface area contributed by atoms with Crippen LogP contribution in [0.5, 0.6) is 0 Å².